The van der Waals surface area contributed by atoms with E-state index in [-0.39, 0.29) is 14.7 Å². The number of hydrogen-bond donors (Lipinski definition) is 0. The van der Waals surface area contributed by atoms with E-state index in [1.54, 1.807) is 12.1 Å². The van der Waals surface area contributed by atoms with Crippen LogP contribution in [0.25, 0.3) is 0 Å². The number of nitrogens with zero attached hydrogens (tertiary/aromatic N) is 1. The third-order valence-corrected chi connectivity index (χ3v) is 8.65. The Morgan fingerprint density at radius 1 is 0.870 bits per heavy atom. The number of rotatable bonds is 4. The fourth-order valence-electron chi connectivity index (χ4n) is 2.04. The number of benzene rings is 2. The SMILES string of the molecule is CN(P(=O)(c1ccccc1)c1ccccc1)S(=O)(=O)C(F)(F)F. The summed E-state index contributed by atoms with van der Waals surface area (Å²) in [6.07, 6.45) is 0. The molecule has 124 valence electrons. The highest BCUT2D eigenvalue weighted by Crippen LogP contribution is 2.50. The van der Waals surface area contributed by atoms with Crippen molar-refractivity contribution in [1.29, 1.82) is 0 Å². The van der Waals surface area contributed by atoms with Crippen molar-refractivity contribution < 1.29 is 26.2 Å². The third-order valence-electron chi connectivity index (χ3n) is 3.25. The van der Waals surface area contributed by atoms with E-state index in [1.165, 1.54) is 48.5 Å². The van der Waals surface area contributed by atoms with Crippen LogP contribution in [-0.2, 0) is 14.6 Å². The van der Waals surface area contributed by atoms with Crippen molar-refractivity contribution in [3.05, 3.63) is 60.7 Å². The number of sulfonamides is 1. The molecule has 0 heterocycles. The smallest absolute Gasteiger partial charge is 0.295 e. The Kier molecular flexibility index (Phi) is 4.71. The Labute approximate surface area is 132 Å². The molecule has 0 bridgehead atoms. The molecule has 0 saturated carbocycles. The van der Waals surface area contributed by atoms with E-state index in [1.807, 2.05) is 0 Å². The summed E-state index contributed by atoms with van der Waals surface area (Å²) in [5.41, 5.74) is -5.54. The monoisotopic (exact) mass is 363 g/mol. The first-order chi connectivity index (χ1) is 10.6. The lowest BCUT2D eigenvalue weighted by Gasteiger charge is -2.29. The van der Waals surface area contributed by atoms with Crippen molar-refractivity contribution in [3.8, 4) is 0 Å². The maximum absolute atomic E-state index is 13.5. The molecule has 0 aliphatic carbocycles. The summed E-state index contributed by atoms with van der Waals surface area (Å²) < 4.78 is 75.6. The van der Waals surface area contributed by atoms with Gasteiger partial charge in [0.05, 0.1) is 0 Å². The van der Waals surface area contributed by atoms with Crippen LogP contribution in [0.2, 0.25) is 0 Å². The first-order valence-corrected chi connectivity index (χ1v) is 9.48. The van der Waals surface area contributed by atoms with Gasteiger partial charge in [0, 0.05) is 17.7 Å². The standard InChI is InChI=1S/C14H13F3NO3PS/c1-18(23(20,21)14(15,16)17)22(19,12-8-4-2-5-9-12)13-10-6-3-7-11-13/h2-11H,1H3. The second-order valence-electron chi connectivity index (χ2n) is 4.63. The minimum atomic E-state index is -5.76. The molecule has 0 N–H and O–H groups in total. The fourth-order valence-corrected chi connectivity index (χ4v) is 6.49. The quantitative estimate of drug-likeness (QED) is 0.785. The number of hydrogen-bond acceptors (Lipinski definition) is 3. The third kappa shape index (κ3) is 3.06. The highest BCUT2D eigenvalue weighted by molar-refractivity contribution is 7.98. The molecule has 4 nitrogen and oxygen atoms in total. The van der Waals surface area contributed by atoms with Gasteiger partial charge in [0.2, 0.25) is 7.29 Å². The van der Waals surface area contributed by atoms with Gasteiger partial charge in [-0.3, -0.25) is 4.57 Å². The van der Waals surface area contributed by atoms with E-state index < -0.39 is 22.8 Å². The topological polar surface area (TPSA) is 54.5 Å². The second kappa shape index (κ2) is 6.11. The lowest BCUT2D eigenvalue weighted by molar-refractivity contribution is -0.0465. The predicted molar refractivity (Wildman–Crippen MR) is 82.5 cm³/mol. The lowest BCUT2D eigenvalue weighted by Crippen LogP contribution is -2.41. The molecule has 2 rings (SSSR count). The van der Waals surface area contributed by atoms with Gasteiger partial charge >= 0.3 is 15.5 Å². The van der Waals surface area contributed by atoms with Crippen molar-refractivity contribution in [2.45, 2.75) is 5.51 Å². The lowest BCUT2D eigenvalue weighted by atomic mass is 10.4. The Bertz CT molecular complexity index is 780. The zero-order valence-corrected chi connectivity index (χ0v) is 13.6. The molecular weight excluding hydrogens is 350 g/mol. The van der Waals surface area contributed by atoms with E-state index >= 15 is 0 Å². The second-order valence-corrected chi connectivity index (χ2v) is 9.65. The number of halogens is 3. The summed E-state index contributed by atoms with van der Waals surface area (Å²) in [7, 11) is -9.28. The molecule has 0 aromatic heterocycles. The van der Waals surface area contributed by atoms with Crippen molar-refractivity contribution in [2.75, 3.05) is 7.05 Å². The Morgan fingerprint density at radius 2 is 1.22 bits per heavy atom. The molecule has 0 fully saturated rings. The first kappa shape index (κ1) is 17.7. The Morgan fingerprint density at radius 3 is 1.52 bits per heavy atom. The largest absolute Gasteiger partial charge is 0.512 e. The first-order valence-electron chi connectivity index (χ1n) is 6.39. The molecule has 0 unspecified atom stereocenters. The Balaban J connectivity index is 2.73. The maximum atomic E-state index is 13.5. The molecule has 0 aliphatic rings. The molecular formula is C14H13F3NO3PS. The van der Waals surface area contributed by atoms with Gasteiger partial charge in [-0.05, 0) is 24.3 Å². The molecule has 23 heavy (non-hydrogen) atoms. The van der Waals surface area contributed by atoms with Crippen LogP contribution in [0, 0.1) is 0 Å². The summed E-state index contributed by atoms with van der Waals surface area (Å²) in [6.45, 7) is 0. The van der Waals surface area contributed by atoms with Crippen LogP contribution in [0.3, 0.4) is 0 Å². The minimum Gasteiger partial charge on any atom is -0.295 e. The van der Waals surface area contributed by atoms with Gasteiger partial charge in [-0.25, -0.2) is 8.42 Å². The van der Waals surface area contributed by atoms with Crippen molar-refractivity contribution in [3.63, 3.8) is 0 Å². The predicted octanol–water partition coefficient (Wildman–Crippen LogP) is 2.70. The van der Waals surface area contributed by atoms with E-state index in [0.717, 1.165) is 0 Å². The summed E-state index contributed by atoms with van der Waals surface area (Å²) in [5, 5.41) is 0.00282. The van der Waals surface area contributed by atoms with Crippen LogP contribution in [0.15, 0.2) is 60.7 Å². The van der Waals surface area contributed by atoms with E-state index in [9.17, 15) is 26.2 Å². The van der Waals surface area contributed by atoms with Crippen LogP contribution in [0.5, 0.6) is 0 Å². The van der Waals surface area contributed by atoms with Crippen molar-refractivity contribution in [2.24, 2.45) is 0 Å². The summed E-state index contributed by atoms with van der Waals surface area (Å²) in [4.78, 5) is 0. The van der Waals surface area contributed by atoms with Gasteiger partial charge in [-0.15, -0.1) is 4.08 Å². The highest BCUT2D eigenvalue weighted by Gasteiger charge is 2.54. The highest BCUT2D eigenvalue weighted by atomic mass is 32.2. The van der Waals surface area contributed by atoms with Gasteiger partial charge in [-0.1, -0.05) is 36.4 Å². The zero-order chi connectivity index (χ0) is 17.3. The average Bonchev–Trinajstić information content (AvgIpc) is 2.54. The van der Waals surface area contributed by atoms with Gasteiger partial charge < -0.3 is 0 Å². The van der Waals surface area contributed by atoms with E-state index in [2.05, 4.69) is 0 Å². The Hall–Kier alpha value is -1.63. The van der Waals surface area contributed by atoms with Gasteiger partial charge in [-0.2, -0.15) is 13.2 Å². The van der Waals surface area contributed by atoms with Gasteiger partial charge in [0.25, 0.3) is 0 Å². The van der Waals surface area contributed by atoms with Gasteiger partial charge in [0.1, 0.15) is 0 Å². The zero-order valence-electron chi connectivity index (χ0n) is 11.9. The summed E-state index contributed by atoms with van der Waals surface area (Å²) in [5.74, 6) is 0. The molecule has 2 aromatic rings. The van der Waals surface area contributed by atoms with Gasteiger partial charge in [0.15, 0.2) is 0 Å². The molecule has 0 radical (unpaired) electrons. The van der Waals surface area contributed by atoms with Crippen LogP contribution in [-0.4, -0.2) is 25.0 Å². The van der Waals surface area contributed by atoms with Crippen LogP contribution < -0.4 is 10.6 Å². The molecule has 0 amide bonds. The molecule has 0 spiro atoms. The minimum absolute atomic E-state index is 0.00141. The maximum Gasteiger partial charge on any atom is 0.512 e. The van der Waals surface area contributed by atoms with E-state index in [0.29, 0.717) is 7.05 Å². The molecule has 2 aromatic carbocycles. The molecule has 0 atom stereocenters. The summed E-state index contributed by atoms with van der Waals surface area (Å²) >= 11 is 0. The van der Waals surface area contributed by atoms with Crippen LogP contribution >= 0.6 is 7.29 Å². The normalized spacial score (nSPS) is 13.3. The van der Waals surface area contributed by atoms with Crippen molar-refractivity contribution >= 4 is 27.9 Å². The molecule has 0 saturated heterocycles. The van der Waals surface area contributed by atoms with Crippen LogP contribution in [0.1, 0.15) is 0 Å². The number of alkyl halides is 3. The van der Waals surface area contributed by atoms with Crippen LogP contribution in [0.4, 0.5) is 13.2 Å². The molecule has 9 heteroatoms. The molecule has 0 aliphatic heterocycles. The fraction of sp³-hybridized carbons (Fsp3) is 0.143. The van der Waals surface area contributed by atoms with Crippen molar-refractivity contribution in [1.82, 2.24) is 4.08 Å². The van der Waals surface area contributed by atoms with E-state index in [4.69, 9.17) is 0 Å². The average molecular weight is 363 g/mol. The summed E-state index contributed by atoms with van der Waals surface area (Å²) in [6, 6.07) is 14.5.